The first-order chi connectivity index (χ1) is 8.08. The molecule has 0 atom stereocenters. The fraction of sp³-hybridized carbons (Fsp3) is 0.154. The van der Waals surface area contributed by atoms with Gasteiger partial charge in [-0.1, -0.05) is 36.9 Å². The molecule has 0 radical (unpaired) electrons. The van der Waals surface area contributed by atoms with Crippen LogP contribution < -0.4 is 16.8 Å². The van der Waals surface area contributed by atoms with Crippen molar-refractivity contribution >= 4 is 5.71 Å². The molecule has 0 fully saturated rings. The van der Waals surface area contributed by atoms with Crippen LogP contribution in [-0.2, 0) is 6.54 Å². The van der Waals surface area contributed by atoms with Gasteiger partial charge in [-0.2, -0.15) is 0 Å². The van der Waals surface area contributed by atoms with Crippen molar-refractivity contribution in [2.45, 2.75) is 13.5 Å². The molecular formula is C13H18N4. The first kappa shape index (κ1) is 12.8. The number of benzene rings is 1. The van der Waals surface area contributed by atoms with E-state index in [1.165, 1.54) is 5.56 Å². The van der Waals surface area contributed by atoms with E-state index in [4.69, 9.17) is 11.5 Å². The van der Waals surface area contributed by atoms with Gasteiger partial charge in [0.25, 0.3) is 0 Å². The summed E-state index contributed by atoms with van der Waals surface area (Å²) < 4.78 is 0. The van der Waals surface area contributed by atoms with E-state index in [9.17, 15) is 0 Å². The monoisotopic (exact) mass is 230 g/mol. The molecule has 0 aliphatic rings. The second-order valence-corrected chi connectivity index (χ2v) is 3.68. The lowest BCUT2D eigenvalue weighted by Gasteiger charge is -2.06. The SMILES string of the molecule is C=C(N)/N=C(C)\C=C(/N)NCc1ccccc1. The van der Waals surface area contributed by atoms with Crippen LogP contribution in [0.3, 0.4) is 0 Å². The lowest BCUT2D eigenvalue weighted by molar-refractivity contribution is 0.801. The molecule has 0 spiro atoms. The number of nitrogens with zero attached hydrogens (tertiary/aromatic N) is 1. The van der Waals surface area contributed by atoms with Gasteiger partial charge in [0.15, 0.2) is 0 Å². The molecular weight excluding hydrogens is 212 g/mol. The van der Waals surface area contributed by atoms with E-state index in [1.807, 2.05) is 37.3 Å². The van der Waals surface area contributed by atoms with Gasteiger partial charge >= 0.3 is 0 Å². The lowest BCUT2D eigenvalue weighted by atomic mass is 10.2. The molecule has 0 aliphatic carbocycles. The molecule has 0 unspecified atom stereocenters. The first-order valence-corrected chi connectivity index (χ1v) is 5.32. The van der Waals surface area contributed by atoms with Crippen molar-refractivity contribution in [3.05, 3.63) is 60.2 Å². The molecule has 17 heavy (non-hydrogen) atoms. The van der Waals surface area contributed by atoms with E-state index in [2.05, 4.69) is 16.9 Å². The highest BCUT2D eigenvalue weighted by atomic mass is 15.0. The molecule has 4 nitrogen and oxygen atoms in total. The molecule has 0 saturated carbocycles. The molecule has 0 heterocycles. The van der Waals surface area contributed by atoms with Crippen LogP contribution in [0.1, 0.15) is 12.5 Å². The van der Waals surface area contributed by atoms with Crippen LogP contribution in [0.5, 0.6) is 0 Å². The highest BCUT2D eigenvalue weighted by Gasteiger charge is 1.93. The minimum Gasteiger partial charge on any atom is -0.385 e. The molecule has 1 rings (SSSR count). The predicted molar refractivity (Wildman–Crippen MR) is 72.0 cm³/mol. The van der Waals surface area contributed by atoms with Gasteiger partial charge in [-0.15, -0.1) is 0 Å². The molecule has 0 aromatic heterocycles. The summed E-state index contributed by atoms with van der Waals surface area (Å²) in [5.41, 5.74) is 13.0. The summed E-state index contributed by atoms with van der Waals surface area (Å²) in [7, 11) is 0. The van der Waals surface area contributed by atoms with Gasteiger partial charge in [-0.25, -0.2) is 4.99 Å². The van der Waals surface area contributed by atoms with Crippen molar-refractivity contribution in [3.8, 4) is 0 Å². The summed E-state index contributed by atoms with van der Waals surface area (Å²) >= 11 is 0. The summed E-state index contributed by atoms with van der Waals surface area (Å²) in [6.45, 7) is 5.99. The fourth-order valence-corrected chi connectivity index (χ4v) is 1.33. The van der Waals surface area contributed by atoms with Crippen LogP contribution in [0.4, 0.5) is 0 Å². The van der Waals surface area contributed by atoms with E-state index in [0.29, 0.717) is 12.4 Å². The van der Waals surface area contributed by atoms with Gasteiger partial charge in [0.1, 0.15) is 5.82 Å². The number of nitrogens with two attached hydrogens (primary N) is 2. The van der Waals surface area contributed by atoms with Crippen molar-refractivity contribution in [2.24, 2.45) is 16.5 Å². The Hall–Kier alpha value is -2.23. The maximum atomic E-state index is 5.80. The Labute approximate surface area is 102 Å². The van der Waals surface area contributed by atoms with Gasteiger partial charge in [0.05, 0.1) is 5.82 Å². The quantitative estimate of drug-likeness (QED) is 0.670. The van der Waals surface area contributed by atoms with Crippen molar-refractivity contribution in [1.82, 2.24) is 5.32 Å². The zero-order valence-electron chi connectivity index (χ0n) is 9.98. The van der Waals surface area contributed by atoms with Crippen molar-refractivity contribution in [2.75, 3.05) is 0 Å². The first-order valence-electron chi connectivity index (χ1n) is 5.32. The zero-order valence-corrected chi connectivity index (χ0v) is 9.98. The van der Waals surface area contributed by atoms with Crippen molar-refractivity contribution in [3.63, 3.8) is 0 Å². The smallest absolute Gasteiger partial charge is 0.116 e. The molecule has 4 heteroatoms. The summed E-state index contributed by atoms with van der Waals surface area (Å²) in [6.07, 6.45) is 1.72. The van der Waals surface area contributed by atoms with Crippen LogP contribution >= 0.6 is 0 Å². The van der Waals surface area contributed by atoms with E-state index < -0.39 is 0 Å². The van der Waals surface area contributed by atoms with Crippen molar-refractivity contribution < 1.29 is 0 Å². The average Bonchev–Trinajstić information content (AvgIpc) is 2.26. The third-order valence-electron chi connectivity index (χ3n) is 2.02. The van der Waals surface area contributed by atoms with Crippen molar-refractivity contribution in [1.29, 1.82) is 0 Å². The molecule has 5 N–H and O–H groups in total. The Morgan fingerprint density at radius 3 is 2.59 bits per heavy atom. The van der Waals surface area contributed by atoms with E-state index in [-0.39, 0.29) is 5.82 Å². The van der Waals surface area contributed by atoms with Crippen LogP contribution in [0.15, 0.2) is 59.6 Å². The van der Waals surface area contributed by atoms with Crippen LogP contribution in [0, 0.1) is 0 Å². The molecule has 0 bridgehead atoms. The lowest BCUT2D eigenvalue weighted by Crippen LogP contribution is -2.20. The van der Waals surface area contributed by atoms with Gasteiger partial charge in [0.2, 0.25) is 0 Å². The second kappa shape index (κ2) is 6.37. The third-order valence-corrected chi connectivity index (χ3v) is 2.02. The Bertz CT molecular complexity index is 432. The number of hydrogen-bond acceptors (Lipinski definition) is 4. The van der Waals surface area contributed by atoms with Crippen LogP contribution in [0.2, 0.25) is 0 Å². The highest BCUT2D eigenvalue weighted by Crippen LogP contribution is 1.98. The minimum absolute atomic E-state index is 0.273. The minimum atomic E-state index is 0.273. The number of rotatable bonds is 5. The predicted octanol–water partition coefficient (Wildman–Crippen LogP) is 1.47. The fourth-order valence-electron chi connectivity index (χ4n) is 1.33. The second-order valence-electron chi connectivity index (χ2n) is 3.68. The largest absolute Gasteiger partial charge is 0.385 e. The summed E-state index contributed by atoms with van der Waals surface area (Å²) in [4.78, 5) is 3.98. The molecule has 1 aromatic rings. The molecule has 0 amide bonds. The molecule has 0 saturated heterocycles. The Balaban J connectivity index is 2.52. The topological polar surface area (TPSA) is 76.4 Å². The van der Waals surface area contributed by atoms with Gasteiger partial charge in [-0.05, 0) is 18.6 Å². The van der Waals surface area contributed by atoms with Crippen LogP contribution in [-0.4, -0.2) is 5.71 Å². The molecule has 1 aromatic carbocycles. The van der Waals surface area contributed by atoms with Gasteiger partial charge in [-0.3, -0.25) is 0 Å². The number of hydrogen-bond donors (Lipinski definition) is 3. The van der Waals surface area contributed by atoms with Gasteiger partial charge < -0.3 is 16.8 Å². The third kappa shape index (κ3) is 5.41. The molecule has 0 aliphatic heterocycles. The number of nitrogens with one attached hydrogen (secondary N) is 1. The Morgan fingerprint density at radius 2 is 2.00 bits per heavy atom. The van der Waals surface area contributed by atoms with Gasteiger partial charge in [0, 0.05) is 12.3 Å². The van der Waals surface area contributed by atoms with E-state index in [1.54, 1.807) is 6.08 Å². The van der Waals surface area contributed by atoms with E-state index >= 15 is 0 Å². The number of allylic oxidation sites excluding steroid dienone is 1. The van der Waals surface area contributed by atoms with Crippen LogP contribution in [0.25, 0.3) is 0 Å². The van der Waals surface area contributed by atoms with E-state index in [0.717, 1.165) is 5.71 Å². The Morgan fingerprint density at radius 1 is 1.35 bits per heavy atom. The Kier molecular flexibility index (Phi) is 4.81. The normalized spacial score (nSPS) is 12.3. The number of aliphatic imine (C=N–C) groups is 1. The maximum absolute atomic E-state index is 5.80. The highest BCUT2D eigenvalue weighted by molar-refractivity contribution is 5.93. The summed E-state index contributed by atoms with van der Waals surface area (Å²) in [5.74, 6) is 0.825. The average molecular weight is 230 g/mol. The zero-order chi connectivity index (χ0) is 12.7. The molecule has 90 valence electrons. The maximum Gasteiger partial charge on any atom is 0.116 e. The summed E-state index contributed by atoms with van der Waals surface area (Å²) in [5, 5.41) is 3.09. The standard InChI is InChI=1S/C13H18N4/c1-10(17-11(2)14)8-13(15)16-9-12-6-4-3-5-7-12/h3-8,16H,2,9,14-15H2,1H3/b13-8+,17-10-. The summed E-state index contributed by atoms with van der Waals surface area (Å²) in [6, 6.07) is 10.0.